The van der Waals surface area contributed by atoms with E-state index >= 15 is 0 Å². The van der Waals surface area contributed by atoms with E-state index in [1.54, 1.807) is 12.5 Å². The Morgan fingerprint density at radius 3 is 3.18 bits per heavy atom. The first-order valence-corrected chi connectivity index (χ1v) is 3.57. The van der Waals surface area contributed by atoms with Crippen LogP contribution in [0.4, 0.5) is 0 Å². The molecule has 1 aromatic heterocycles. The van der Waals surface area contributed by atoms with Crippen LogP contribution in [0.15, 0.2) is 21.9 Å². The van der Waals surface area contributed by atoms with Crippen molar-refractivity contribution >= 4 is 5.84 Å². The van der Waals surface area contributed by atoms with Gasteiger partial charge in [0, 0.05) is 6.04 Å². The van der Waals surface area contributed by atoms with Crippen molar-refractivity contribution in [3.8, 4) is 0 Å². The third-order valence-corrected chi connectivity index (χ3v) is 1.54. The summed E-state index contributed by atoms with van der Waals surface area (Å²) in [4.78, 5) is 8.18. The lowest BCUT2D eigenvalue weighted by Gasteiger charge is -2.00. The van der Waals surface area contributed by atoms with Gasteiger partial charge >= 0.3 is 0 Å². The third-order valence-electron chi connectivity index (χ3n) is 1.54. The summed E-state index contributed by atoms with van der Waals surface area (Å²) in [7, 11) is 0. The molecular formula is C7H9N3O. The summed E-state index contributed by atoms with van der Waals surface area (Å²) in [6, 6.07) is 0.400. The molecule has 0 amide bonds. The van der Waals surface area contributed by atoms with Crippen LogP contribution in [0.3, 0.4) is 0 Å². The average Bonchev–Trinajstić information content (AvgIpc) is 2.55. The minimum absolute atomic E-state index is 0.400. The second-order valence-electron chi connectivity index (χ2n) is 2.57. The van der Waals surface area contributed by atoms with E-state index in [1.165, 1.54) is 0 Å². The molecule has 0 aliphatic carbocycles. The molecule has 4 nitrogen and oxygen atoms in total. The van der Waals surface area contributed by atoms with Gasteiger partial charge in [-0.15, -0.1) is 0 Å². The standard InChI is InChI=1S/C7H9N3O/c1-5-4-9-6(10-5)7-8-2-3-11-7/h2-3,5H,4H2,1H3,(H,9,10). The molecule has 0 fully saturated rings. The van der Waals surface area contributed by atoms with Gasteiger partial charge in [-0.1, -0.05) is 0 Å². The van der Waals surface area contributed by atoms with Crippen LogP contribution in [0.1, 0.15) is 12.8 Å². The minimum Gasteiger partial charge on any atom is -0.442 e. The molecule has 4 heteroatoms. The molecule has 0 radical (unpaired) electrons. The second-order valence-corrected chi connectivity index (χ2v) is 2.57. The van der Waals surface area contributed by atoms with Crippen LogP contribution in [0.2, 0.25) is 0 Å². The predicted octanol–water partition coefficient (Wildman–Crippen LogP) is 0.413. The fourth-order valence-corrected chi connectivity index (χ4v) is 1.02. The molecule has 1 atom stereocenters. The topological polar surface area (TPSA) is 50.4 Å². The molecule has 0 aromatic carbocycles. The largest absolute Gasteiger partial charge is 0.442 e. The number of aromatic nitrogens is 1. The van der Waals surface area contributed by atoms with Gasteiger partial charge in [-0.25, -0.2) is 4.98 Å². The summed E-state index contributed by atoms with van der Waals surface area (Å²) in [5.41, 5.74) is 0. The highest BCUT2D eigenvalue weighted by molar-refractivity contribution is 5.95. The maximum atomic E-state index is 5.06. The Hall–Kier alpha value is -1.32. The van der Waals surface area contributed by atoms with Crippen molar-refractivity contribution < 1.29 is 4.42 Å². The molecule has 1 aliphatic heterocycles. The van der Waals surface area contributed by atoms with Crippen LogP contribution < -0.4 is 5.32 Å². The average molecular weight is 151 g/mol. The first-order chi connectivity index (χ1) is 5.36. The van der Waals surface area contributed by atoms with E-state index in [4.69, 9.17) is 4.42 Å². The number of aliphatic imine (C=N–C) groups is 1. The van der Waals surface area contributed by atoms with Gasteiger partial charge in [0.05, 0.1) is 12.7 Å². The fourth-order valence-electron chi connectivity index (χ4n) is 1.02. The second kappa shape index (κ2) is 2.38. The van der Waals surface area contributed by atoms with E-state index in [0.29, 0.717) is 11.9 Å². The van der Waals surface area contributed by atoms with E-state index in [2.05, 4.69) is 22.2 Å². The van der Waals surface area contributed by atoms with Crippen LogP contribution in [-0.4, -0.2) is 23.4 Å². The zero-order chi connectivity index (χ0) is 7.68. The van der Waals surface area contributed by atoms with E-state index in [1.807, 2.05) is 0 Å². The van der Waals surface area contributed by atoms with E-state index in [9.17, 15) is 0 Å². The number of hydrogen-bond acceptors (Lipinski definition) is 4. The Morgan fingerprint density at radius 1 is 1.73 bits per heavy atom. The molecule has 0 saturated carbocycles. The maximum Gasteiger partial charge on any atom is 0.262 e. The molecular weight excluding hydrogens is 142 g/mol. The Balaban J connectivity index is 2.19. The van der Waals surface area contributed by atoms with Crippen molar-refractivity contribution in [2.75, 3.05) is 6.54 Å². The first kappa shape index (κ1) is 6.39. The fraction of sp³-hybridized carbons (Fsp3) is 0.429. The number of oxazole rings is 1. The lowest BCUT2D eigenvalue weighted by atomic mass is 10.4. The van der Waals surface area contributed by atoms with Gasteiger partial charge < -0.3 is 9.73 Å². The molecule has 2 heterocycles. The zero-order valence-electron chi connectivity index (χ0n) is 6.24. The van der Waals surface area contributed by atoms with Gasteiger partial charge in [-0.2, -0.15) is 0 Å². The first-order valence-electron chi connectivity index (χ1n) is 3.57. The van der Waals surface area contributed by atoms with E-state index in [-0.39, 0.29) is 0 Å². The molecule has 0 saturated heterocycles. The Kier molecular flexibility index (Phi) is 1.38. The van der Waals surface area contributed by atoms with Crippen molar-refractivity contribution in [1.82, 2.24) is 10.3 Å². The third kappa shape index (κ3) is 1.11. The molecule has 0 bridgehead atoms. The molecule has 1 aliphatic rings. The van der Waals surface area contributed by atoms with Gasteiger partial charge in [-0.3, -0.25) is 4.99 Å². The van der Waals surface area contributed by atoms with Gasteiger partial charge in [0.25, 0.3) is 5.89 Å². The Morgan fingerprint density at radius 2 is 2.64 bits per heavy atom. The van der Waals surface area contributed by atoms with Crippen LogP contribution in [-0.2, 0) is 0 Å². The van der Waals surface area contributed by atoms with Gasteiger partial charge in [0.1, 0.15) is 6.26 Å². The summed E-state index contributed by atoms with van der Waals surface area (Å²) >= 11 is 0. The summed E-state index contributed by atoms with van der Waals surface area (Å²) in [6.45, 7) is 2.87. The van der Waals surface area contributed by atoms with E-state index in [0.717, 1.165) is 12.4 Å². The summed E-state index contributed by atoms with van der Waals surface area (Å²) in [6.07, 6.45) is 3.16. The zero-order valence-corrected chi connectivity index (χ0v) is 6.24. The normalized spacial score (nSPS) is 23.0. The Labute approximate surface area is 64.3 Å². The molecule has 11 heavy (non-hydrogen) atoms. The predicted molar refractivity (Wildman–Crippen MR) is 40.5 cm³/mol. The van der Waals surface area contributed by atoms with Crippen LogP contribution in [0.5, 0.6) is 0 Å². The summed E-state index contributed by atoms with van der Waals surface area (Å²) in [5.74, 6) is 1.34. The number of nitrogens with zero attached hydrogens (tertiary/aromatic N) is 2. The quantitative estimate of drug-likeness (QED) is 0.632. The van der Waals surface area contributed by atoms with Gasteiger partial charge in [0.2, 0.25) is 0 Å². The number of nitrogens with one attached hydrogen (secondary N) is 1. The smallest absolute Gasteiger partial charge is 0.262 e. The van der Waals surface area contributed by atoms with Crippen LogP contribution >= 0.6 is 0 Å². The molecule has 1 N–H and O–H groups in total. The molecule has 58 valence electrons. The number of rotatable bonds is 1. The summed E-state index contributed by atoms with van der Waals surface area (Å²) in [5, 5.41) is 3.15. The van der Waals surface area contributed by atoms with Crippen LogP contribution in [0, 0.1) is 0 Å². The van der Waals surface area contributed by atoms with Crippen molar-refractivity contribution in [2.24, 2.45) is 4.99 Å². The number of hydrogen-bond donors (Lipinski definition) is 1. The van der Waals surface area contributed by atoms with Gasteiger partial charge in [-0.05, 0) is 6.92 Å². The SMILES string of the molecule is CC1CN=C(c2ncco2)N1. The maximum absolute atomic E-state index is 5.06. The molecule has 0 spiro atoms. The van der Waals surface area contributed by atoms with Crippen molar-refractivity contribution in [2.45, 2.75) is 13.0 Å². The highest BCUT2D eigenvalue weighted by Gasteiger charge is 2.16. The van der Waals surface area contributed by atoms with Crippen molar-refractivity contribution in [3.05, 3.63) is 18.4 Å². The monoisotopic (exact) mass is 151 g/mol. The van der Waals surface area contributed by atoms with E-state index < -0.39 is 0 Å². The lowest BCUT2D eigenvalue weighted by Crippen LogP contribution is -2.27. The Bertz CT molecular complexity index is 265. The van der Waals surface area contributed by atoms with Crippen LogP contribution in [0.25, 0.3) is 0 Å². The van der Waals surface area contributed by atoms with Crippen molar-refractivity contribution in [3.63, 3.8) is 0 Å². The molecule has 2 rings (SSSR count). The molecule has 1 unspecified atom stereocenters. The minimum atomic E-state index is 0.400. The highest BCUT2D eigenvalue weighted by atomic mass is 16.3. The lowest BCUT2D eigenvalue weighted by molar-refractivity contribution is 0.543. The highest BCUT2D eigenvalue weighted by Crippen LogP contribution is 2.02. The molecule has 1 aromatic rings. The summed E-state index contributed by atoms with van der Waals surface area (Å²) < 4.78 is 5.06. The van der Waals surface area contributed by atoms with Crippen molar-refractivity contribution in [1.29, 1.82) is 0 Å². The van der Waals surface area contributed by atoms with Gasteiger partial charge in [0.15, 0.2) is 5.84 Å². The number of amidine groups is 1.